The fourth-order valence-corrected chi connectivity index (χ4v) is 1.90. The highest BCUT2D eigenvalue weighted by Crippen LogP contribution is 2.13. The summed E-state index contributed by atoms with van der Waals surface area (Å²) in [5, 5.41) is 10.0. The molecule has 3 rings (SSSR count). The first-order valence-electron chi connectivity index (χ1n) is 7.03. The summed E-state index contributed by atoms with van der Waals surface area (Å²) in [6.45, 7) is 1.55. The monoisotopic (exact) mass is 327 g/mol. The minimum Gasteiger partial charge on any atom is -0.459 e. The average Bonchev–Trinajstić information content (AvgIpc) is 3.25. The molecule has 0 spiro atoms. The van der Waals surface area contributed by atoms with Crippen LogP contribution in [0.3, 0.4) is 0 Å². The maximum atomic E-state index is 11.9. The lowest BCUT2D eigenvalue weighted by Gasteiger charge is -2.05. The Balaban J connectivity index is 1.57. The van der Waals surface area contributed by atoms with Gasteiger partial charge in [0, 0.05) is 12.6 Å². The molecule has 0 bridgehead atoms. The van der Waals surface area contributed by atoms with Crippen LogP contribution in [0.2, 0.25) is 0 Å². The van der Waals surface area contributed by atoms with Gasteiger partial charge in [0.05, 0.1) is 11.8 Å². The van der Waals surface area contributed by atoms with Gasteiger partial charge in [-0.1, -0.05) is 0 Å². The third-order valence-electron chi connectivity index (χ3n) is 3.02. The van der Waals surface area contributed by atoms with Crippen LogP contribution < -0.4 is 5.32 Å². The summed E-state index contributed by atoms with van der Waals surface area (Å²) in [6, 6.07) is 9.44. The molecule has 0 fully saturated rings. The Morgan fingerprint density at radius 1 is 1.17 bits per heavy atom. The summed E-state index contributed by atoms with van der Waals surface area (Å²) in [6.07, 6.45) is 1.42. The summed E-state index contributed by atoms with van der Waals surface area (Å²) in [4.78, 5) is 23.8. The second-order valence-electron chi connectivity index (χ2n) is 4.80. The number of amides is 1. The summed E-state index contributed by atoms with van der Waals surface area (Å²) in [5.41, 5.74) is 0.864. The predicted octanol–water partition coefficient (Wildman–Crippen LogP) is 2.58. The average molecular weight is 327 g/mol. The zero-order chi connectivity index (χ0) is 16.9. The van der Waals surface area contributed by atoms with Crippen molar-refractivity contribution in [2.45, 2.75) is 13.5 Å². The van der Waals surface area contributed by atoms with E-state index in [4.69, 9.17) is 13.6 Å². The number of nitrogens with zero attached hydrogens (tertiary/aromatic N) is 2. The smallest absolute Gasteiger partial charge is 0.338 e. The molecule has 24 heavy (non-hydrogen) atoms. The van der Waals surface area contributed by atoms with E-state index in [0.29, 0.717) is 17.1 Å². The van der Waals surface area contributed by atoms with Crippen molar-refractivity contribution in [3.63, 3.8) is 0 Å². The molecule has 8 heteroatoms. The third kappa shape index (κ3) is 3.67. The van der Waals surface area contributed by atoms with E-state index < -0.39 is 5.97 Å². The Bertz CT molecular complexity index is 837. The number of aryl methyl sites for hydroxylation is 1. The second-order valence-corrected chi connectivity index (χ2v) is 4.80. The number of hydrogen-bond acceptors (Lipinski definition) is 7. The van der Waals surface area contributed by atoms with Crippen molar-refractivity contribution in [1.29, 1.82) is 0 Å². The van der Waals surface area contributed by atoms with Gasteiger partial charge in [0.2, 0.25) is 5.89 Å². The lowest BCUT2D eigenvalue weighted by Crippen LogP contribution is -2.11. The summed E-state index contributed by atoms with van der Waals surface area (Å²) >= 11 is 0. The molecule has 1 aromatic carbocycles. The first-order valence-corrected chi connectivity index (χ1v) is 7.03. The molecule has 0 atom stereocenters. The van der Waals surface area contributed by atoms with Crippen LogP contribution in [-0.2, 0) is 11.3 Å². The van der Waals surface area contributed by atoms with Crippen molar-refractivity contribution in [2.75, 3.05) is 5.32 Å². The van der Waals surface area contributed by atoms with Crippen molar-refractivity contribution in [2.24, 2.45) is 0 Å². The maximum Gasteiger partial charge on any atom is 0.338 e. The van der Waals surface area contributed by atoms with Gasteiger partial charge in [0.1, 0.15) is 0 Å². The Labute approximate surface area is 136 Å². The van der Waals surface area contributed by atoms with Crippen LogP contribution in [0.25, 0.3) is 0 Å². The van der Waals surface area contributed by atoms with Gasteiger partial charge in [-0.05, 0) is 36.4 Å². The molecule has 122 valence electrons. The van der Waals surface area contributed by atoms with Crippen LogP contribution in [0.1, 0.15) is 32.7 Å². The molecular weight excluding hydrogens is 314 g/mol. The molecule has 0 radical (unpaired) electrons. The van der Waals surface area contributed by atoms with Gasteiger partial charge in [0.25, 0.3) is 11.8 Å². The molecule has 8 nitrogen and oxygen atoms in total. The van der Waals surface area contributed by atoms with E-state index in [1.54, 1.807) is 43.3 Å². The van der Waals surface area contributed by atoms with Crippen molar-refractivity contribution < 1.29 is 23.2 Å². The van der Waals surface area contributed by atoms with E-state index in [1.165, 1.54) is 6.26 Å². The maximum absolute atomic E-state index is 11.9. The molecule has 0 aliphatic heterocycles. The van der Waals surface area contributed by atoms with Gasteiger partial charge < -0.3 is 18.9 Å². The molecule has 1 amide bonds. The zero-order valence-electron chi connectivity index (χ0n) is 12.7. The fraction of sp³-hybridized carbons (Fsp3) is 0.125. The van der Waals surface area contributed by atoms with Gasteiger partial charge in [-0.25, -0.2) is 4.79 Å². The lowest BCUT2D eigenvalue weighted by atomic mass is 10.2. The van der Waals surface area contributed by atoms with Crippen LogP contribution in [0.5, 0.6) is 0 Å². The fourth-order valence-electron chi connectivity index (χ4n) is 1.90. The van der Waals surface area contributed by atoms with Crippen LogP contribution >= 0.6 is 0 Å². The number of nitrogens with one attached hydrogen (secondary N) is 1. The minimum atomic E-state index is -0.533. The van der Waals surface area contributed by atoms with Gasteiger partial charge in [-0.3, -0.25) is 4.79 Å². The summed E-state index contributed by atoms with van der Waals surface area (Å²) in [7, 11) is 0. The number of aromatic nitrogens is 2. The van der Waals surface area contributed by atoms with Crippen LogP contribution in [0.15, 0.2) is 51.5 Å². The molecular formula is C16H13N3O5. The Hall–Kier alpha value is -3.42. The number of rotatable bonds is 5. The minimum absolute atomic E-state index is 0.101. The number of carbonyl (C=O) groups is 2. The van der Waals surface area contributed by atoms with Crippen molar-refractivity contribution in [3.05, 3.63) is 65.8 Å². The molecule has 0 aliphatic carbocycles. The van der Waals surface area contributed by atoms with Crippen LogP contribution in [0, 0.1) is 6.92 Å². The topological polar surface area (TPSA) is 107 Å². The molecule has 0 aliphatic rings. The van der Waals surface area contributed by atoms with Crippen molar-refractivity contribution in [3.8, 4) is 0 Å². The molecule has 2 aromatic heterocycles. The number of furan rings is 1. The summed E-state index contributed by atoms with van der Waals surface area (Å²) < 4.78 is 15.2. The quantitative estimate of drug-likeness (QED) is 0.717. The highest BCUT2D eigenvalue weighted by atomic mass is 16.5. The second kappa shape index (κ2) is 6.78. The molecule has 0 saturated heterocycles. The van der Waals surface area contributed by atoms with Crippen LogP contribution in [-0.4, -0.2) is 22.1 Å². The first kappa shape index (κ1) is 15.5. The predicted molar refractivity (Wildman–Crippen MR) is 81.3 cm³/mol. The number of esters is 1. The first-order chi connectivity index (χ1) is 11.6. The van der Waals surface area contributed by atoms with E-state index in [2.05, 4.69) is 15.5 Å². The van der Waals surface area contributed by atoms with E-state index in [0.717, 1.165) is 0 Å². The number of hydrogen-bond donors (Lipinski definition) is 1. The van der Waals surface area contributed by atoms with Gasteiger partial charge in [0.15, 0.2) is 12.4 Å². The Morgan fingerprint density at radius 2 is 1.96 bits per heavy atom. The van der Waals surface area contributed by atoms with Gasteiger partial charge in [-0.2, -0.15) is 0 Å². The van der Waals surface area contributed by atoms with Gasteiger partial charge in [-0.15, -0.1) is 10.2 Å². The summed E-state index contributed by atoms with van der Waals surface area (Å²) in [5.74, 6) is -0.0777. The van der Waals surface area contributed by atoms with E-state index in [-0.39, 0.29) is 24.2 Å². The van der Waals surface area contributed by atoms with Crippen molar-refractivity contribution >= 4 is 17.6 Å². The van der Waals surface area contributed by atoms with E-state index in [1.807, 2.05) is 0 Å². The molecule has 1 N–H and O–H groups in total. The Kier molecular flexibility index (Phi) is 4.37. The molecule has 0 saturated carbocycles. The normalized spacial score (nSPS) is 10.4. The van der Waals surface area contributed by atoms with Gasteiger partial charge >= 0.3 is 5.97 Å². The van der Waals surface area contributed by atoms with E-state index in [9.17, 15) is 9.59 Å². The van der Waals surface area contributed by atoms with Crippen LogP contribution in [0.4, 0.5) is 5.69 Å². The molecule has 0 unspecified atom stereocenters. The highest BCUT2D eigenvalue weighted by molar-refractivity contribution is 6.02. The highest BCUT2D eigenvalue weighted by Gasteiger charge is 2.12. The lowest BCUT2D eigenvalue weighted by molar-refractivity contribution is 0.0437. The Morgan fingerprint density at radius 3 is 2.58 bits per heavy atom. The number of ether oxygens (including phenoxy) is 1. The largest absolute Gasteiger partial charge is 0.459 e. The molecule has 3 aromatic rings. The number of carbonyl (C=O) groups excluding carboxylic acids is 2. The zero-order valence-corrected chi connectivity index (χ0v) is 12.7. The van der Waals surface area contributed by atoms with Crippen molar-refractivity contribution in [1.82, 2.24) is 10.2 Å². The molecule has 2 heterocycles. The SMILES string of the molecule is Cc1nnc(COC(=O)c2ccc(NC(=O)c3ccco3)cc2)o1. The number of benzene rings is 1. The van der Waals surface area contributed by atoms with E-state index >= 15 is 0 Å². The third-order valence-corrected chi connectivity index (χ3v) is 3.02. The standard InChI is InChI=1S/C16H13N3O5/c1-10-18-19-14(24-10)9-23-16(21)11-4-6-12(7-5-11)17-15(20)13-3-2-8-22-13/h2-8H,9H2,1H3,(H,17,20). The number of anilines is 1.